The standard InChI is InChI=1S/C14H21N3O/c1-17-9-11-5-4-8-18-14(11)12(10-17)16-13-6-2-3-7-15-13/h2-3,6-7,11-12,14H,4-5,8-10H2,1H3,(H,15,16)/t11-,12-,14-/m1/s1. The van der Waals surface area contributed by atoms with Crippen molar-refractivity contribution in [3.63, 3.8) is 0 Å². The molecule has 1 aromatic rings. The lowest BCUT2D eigenvalue weighted by atomic mass is 9.85. The number of hydrogen-bond acceptors (Lipinski definition) is 4. The van der Waals surface area contributed by atoms with Gasteiger partial charge in [-0.15, -0.1) is 0 Å². The van der Waals surface area contributed by atoms with Gasteiger partial charge in [-0.2, -0.15) is 0 Å². The highest BCUT2D eigenvalue weighted by Crippen LogP contribution is 2.29. The molecule has 18 heavy (non-hydrogen) atoms. The molecule has 0 aromatic carbocycles. The van der Waals surface area contributed by atoms with E-state index in [4.69, 9.17) is 4.74 Å². The van der Waals surface area contributed by atoms with Crippen molar-refractivity contribution in [1.82, 2.24) is 9.88 Å². The highest BCUT2D eigenvalue weighted by Gasteiger charge is 2.38. The van der Waals surface area contributed by atoms with Gasteiger partial charge in [0.2, 0.25) is 0 Å². The van der Waals surface area contributed by atoms with Crippen molar-refractivity contribution in [2.45, 2.75) is 25.0 Å². The molecule has 1 N–H and O–H groups in total. The third-order valence-electron chi connectivity index (χ3n) is 3.94. The average molecular weight is 247 g/mol. The third kappa shape index (κ3) is 2.49. The number of nitrogens with zero attached hydrogens (tertiary/aromatic N) is 2. The lowest BCUT2D eigenvalue weighted by Gasteiger charge is -2.45. The van der Waals surface area contributed by atoms with Crippen LogP contribution in [-0.2, 0) is 4.74 Å². The van der Waals surface area contributed by atoms with Crippen LogP contribution in [0, 0.1) is 5.92 Å². The molecule has 2 saturated heterocycles. The van der Waals surface area contributed by atoms with Crippen molar-refractivity contribution >= 4 is 5.82 Å². The molecule has 0 radical (unpaired) electrons. The van der Waals surface area contributed by atoms with Crippen LogP contribution in [-0.4, -0.2) is 48.8 Å². The molecule has 2 aliphatic heterocycles. The highest BCUT2D eigenvalue weighted by molar-refractivity contribution is 5.35. The summed E-state index contributed by atoms with van der Waals surface area (Å²) in [5, 5.41) is 3.53. The summed E-state index contributed by atoms with van der Waals surface area (Å²) in [6, 6.07) is 6.33. The van der Waals surface area contributed by atoms with E-state index in [1.807, 2.05) is 24.4 Å². The molecule has 3 heterocycles. The summed E-state index contributed by atoms with van der Waals surface area (Å²) in [7, 11) is 2.19. The van der Waals surface area contributed by atoms with Gasteiger partial charge in [-0.25, -0.2) is 4.98 Å². The minimum Gasteiger partial charge on any atom is -0.376 e. The van der Waals surface area contributed by atoms with Gasteiger partial charge >= 0.3 is 0 Å². The van der Waals surface area contributed by atoms with Crippen LogP contribution in [0.4, 0.5) is 5.82 Å². The number of ether oxygens (including phenoxy) is 1. The molecule has 3 atom stereocenters. The number of anilines is 1. The fourth-order valence-electron chi connectivity index (χ4n) is 3.19. The Kier molecular flexibility index (Phi) is 3.48. The van der Waals surface area contributed by atoms with Gasteiger partial charge in [-0.1, -0.05) is 6.07 Å². The van der Waals surface area contributed by atoms with E-state index in [0.717, 1.165) is 25.5 Å². The smallest absolute Gasteiger partial charge is 0.126 e. The van der Waals surface area contributed by atoms with Crippen LogP contribution in [0.15, 0.2) is 24.4 Å². The van der Waals surface area contributed by atoms with Crippen LogP contribution in [0.1, 0.15) is 12.8 Å². The van der Waals surface area contributed by atoms with Crippen LogP contribution in [0.2, 0.25) is 0 Å². The Hall–Kier alpha value is -1.13. The molecule has 0 amide bonds. The molecule has 98 valence electrons. The maximum atomic E-state index is 6.00. The van der Waals surface area contributed by atoms with E-state index in [0.29, 0.717) is 18.1 Å². The van der Waals surface area contributed by atoms with Gasteiger partial charge in [0.15, 0.2) is 0 Å². The number of pyridine rings is 1. The summed E-state index contributed by atoms with van der Waals surface area (Å²) in [6.07, 6.45) is 4.66. The summed E-state index contributed by atoms with van der Waals surface area (Å²) < 4.78 is 6.00. The van der Waals surface area contributed by atoms with E-state index in [1.165, 1.54) is 12.8 Å². The number of piperidine rings is 1. The maximum absolute atomic E-state index is 6.00. The quantitative estimate of drug-likeness (QED) is 0.861. The molecule has 2 fully saturated rings. The molecule has 3 rings (SSSR count). The Balaban J connectivity index is 1.72. The van der Waals surface area contributed by atoms with Crippen molar-refractivity contribution in [3.8, 4) is 0 Å². The first-order chi connectivity index (χ1) is 8.83. The fraction of sp³-hybridized carbons (Fsp3) is 0.643. The molecular weight excluding hydrogens is 226 g/mol. The molecular formula is C14H21N3O. The lowest BCUT2D eigenvalue weighted by Crippen LogP contribution is -2.56. The third-order valence-corrected chi connectivity index (χ3v) is 3.94. The zero-order valence-corrected chi connectivity index (χ0v) is 10.9. The van der Waals surface area contributed by atoms with E-state index in [9.17, 15) is 0 Å². The SMILES string of the molecule is CN1C[C@H]2CCCO[C@H]2[C@H](Nc2ccccn2)C1. The normalized spacial score (nSPS) is 32.8. The zero-order valence-electron chi connectivity index (χ0n) is 10.9. The highest BCUT2D eigenvalue weighted by atomic mass is 16.5. The Morgan fingerprint density at radius 3 is 3.17 bits per heavy atom. The average Bonchev–Trinajstić information content (AvgIpc) is 2.40. The van der Waals surface area contributed by atoms with Gasteiger partial charge in [0.25, 0.3) is 0 Å². The van der Waals surface area contributed by atoms with E-state index >= 15 is 0 Å². The second-order valence-electron chi connectivity index (χ2n) is 5.42. The number of aromatic nitrogens is 1. The number of likely N-dealkylation sites (N-methyl/N-ethyl adjacent to an activating group) is 1. The Labute approximate surface area is 108 Å². The maximum Gasteiger partial charge on any atom is 0.126 e. The molecule has 2 aliphatic rings. The van der Waals surface area contributed by atoms with Crippen LogP contribution in [0.3, 0.4) is 0 Å². The number of fused-ring (bicyclic) bond motifs is 1. The molecule has 4 nitrogen and oxygen atoms in total. The van der Waals surface area contributed by atoms with Crippen molar-refractivity contribution in [2.75, 3.05) is 32.1 Å². The first kappa shape index (κ1) is 11.9. The molecule has 0 saturated carbocycles. The molecule has 0 bridgehead atoms. The van der Waals surface area contributed by atoms with E-state index in [-0.39, 0.29) is 0 Å². The first-order valence-electron chi connectivity index (χ1n) is 6.80. The predicted molar refractivity (Wildman–Crippen MR) is 71.6 cm³/mol. The number of likely N-dealkylation sites (tertiary alicyclic amines) is 1. The van der Waals surface area contributed by atoms with Crippen LogP contribution in [0.5, 0.6) is 0 Å². The van der Waals surface area contributed by atoms with Gasteiger partial charge in [0.1, 0.15) is 5.82 Å². The van der Waals surface area contributed by atoms with Crippen LogP contribution >= 0.6 is 0 Å². The molecule has 1 aromatic heterocycles. The van der Waals surface area contributed by atoms with E-state index < -0.39 is 0 Å². The zero-order chi connectivity index (χ0) is 12.4. The summed E-state index contributed by atoms with van der Waals surface area (Å²) in [4.78, 5) is 6.75. The van der Waals surface area contributed by atoms with Gasteiger partial charge in [-0.05, 0) is 37.9 Å². The van der Waals surface area contributed by atoms with Crippen molar-refractivity contribution in [3.05, 3.63) is 24.4 Å². The molecule has 0 unspecified atom stereocenters. The van der Waals surface area contributed by atoms with Crippen molar-refractivity contribution < 1.29 is 4.74 Å². The van der Waals surface area contributed by atoms with Crippen molar-refractivity contribution in [2.24, 2.45) is 5.92 Å². The Bertz CT molecular complexity index is 384. The second-order valence-corrected chi connectivity index (χ2v) is 5.42. The van der Waals surface area contributed by atoms with E-state index in [1.54, 1.807) is 0 Å². The fourth-order valence-corrected chi connectivity index (χ4v) is 3.19. The second kappa shape index (κ2) is 5.24. The summed E-state index contributed by atoms with van der Waals surface area (Å²) in [5.41, 5.74) is 0. The summed E-state index contributed by atoms with van der Waals surface area (Å²) in [6.45, 7) is 3.09. The Morgan fingerprint density at radius 1 is 1.39 bits per heavy atom. The van der Waals surface area contributed by atoms with Crippen LogP contribution in [0.25, 0.3) is 0 Å². The number of rotatable bonds is 2. The van der Waals surface area contributed by atoms with E-state index in [2.05, 4.69) is 22.2 Å². The largest absolute Gasteiger partial charge is 0.376 e. The number of nitrogens with one attached hydrogen (secondary N) is 1. The van der Waals surface area contributed by atoms with Gasteiger partial charge < -0.3 is 15.0 Å². The predicted octanol–water partition coefficient (Wildman–Crippen LogP) is 1.60. The Morgan fingerprint density at radius 2 is 2.33 bits per heavy atom. The van der Waals surface area contributed by atoms with Gasteiger partial charge in [0, 0.05) is 25.9 Å². The summed E-state index contributed by atoms with van der Waals surface area (Å²) in [5.74, 6) is 1.62. The topological polar surface area (TPSA) is 37.4 Å². The first-order valence-corrected chi connectivity index (χ1v) is 6.80. The molecule has 0 aliphatic carbocycles. The van der Waals surface area contributed by atoms with Gasteiger partial charge in [0.05, 0.1) is 12.1 Å². The molecule has 4 heteroatoms. The minimum atomic E-state index is 0.344. The minimum absolute atomic E-state index is 0.344. The van der Waals surface area contributed by atoms with Crippen molar-refractivity contribution in [1.29, 1.82) is 0 Å². The molecule has 0 spiro atoms. The number of hydrogen-bond donors (Lipinski definition) is 1. The monoisotopic (exact) mass is 247 g/mol. The van der Waals surface area contributed by atoms with Crippen LogP contribution < -0.4 is 5.32 Å². The summed E-state index contributed by atoms with van der Waals surface area (Å²) >= 11 is 0. The van der Waals surface area contributed by atoms with Gasteiger partial charge in [-0.3, -0.25) is 0 Å². The lowest BCUT2D eigenvalue weighted by molar-refractivity contribution is -0.0690.